The summed E-state index contributed by atoms with van der Waals surface area (Å²) in [4.78, 5) is 12.1. The number of aromatic amines is 1. The molecule has 0 amide bonds. The number of pyridine rings is 1. The summed E-state index contributed by atoms with van der Waals surface area (Å²) < 4.78 is 2.01. The maximum absolute atomic E-state index is 4.51. The molecule has 3 aromatic rings. The third-order valence-electron chi connectivity index (χ3n) is 2.75. The first-order valence-corrected chi connectivity index (χ1v) is 7.00. The van der Waals surface area contributed by atoms with Crippen LogP contribution in [0.25, 0.3) is 22.6 Å². The van der Waals surface area contributed by atoms with Crippen molar-refractivity contribution in [2.45, 2.75) is 6.92 Å². The number of fused-ring (bicyclic) bond motifs is 1. The van der Waals surface area contributed by atoms with E-state index < -0.39 is 0 Å². The zero-order valence-corrected chi connectivity index (χ0v) is 12.7. The SMILES string of the molecule is Cc1cc(Br)ccc1-c1nc2ncc(Br)cc2[nH]1. The molecule has 0 bridgehead atoms. The van der Waals surface area contributed by atoms with Crippen molar-refractivity contribution in [1.29, 1.82) is 0 Å². The minimum absolute atomic E-state index is 0.732. The molecule has 2 heterocycles. The van der Waals surface area contributed by atoms with Crippen LogP contribution in [0.15, 0.2) is 39.4 Å². The molecule has 5 heteroatoms. The van der Waals surface area contributed by atoms with Gasteiger partial charge in [-0.1, -0.05) is 15.9 Å². The molecule has 0 saturated heterocycles. The minimum atomic E-state index is 0.732. The molecule has 0 saturated carbocycles. The Kier molecular flexibility index (Phi) is 2.95. The van der Waals surface area contributed by atoms with Gasteiger partial charge in [-0.05, 0) is 52.7 Å². The lowest BCUT2D eigenvalue weighted by Crippen LogP contribution is -1.85. The van der Waals surface area contributed by atoms with Crippen molar-refractivity contribution in [3.8, 4) is 11.4 Å². The highest BCUT2D eigenvalue weighted by atomic mass is 79.9. The van der Waals surface area contributed by atoms with Gasteiger partial charge in [0.25, 0.3) is 0 Å². The molecular formula is C13H9Br2N3. The smallest absolute Gasteiger partial charge is 0.178 e. The Morgan fingerprint density at radius 3 is 2.72 bits per heavy atom. The number of aromatic nitrogens is 3. The van der Waals surface area contributed by atoms with Gasteiger partial charge in [0.05, 0.1) is 5.52 Å². The Labute approximate surface area is 121 Å². The fourth-order valence-corrected chi connectivity index (χ4v) is 2.70. The van der Waals surface area contributed by atoms with Gasteiger partial charge in [0, 0.05) is 20.7 Å². The molecular weight excluding hydrogens is 358 g/mol. The molecule has 0 radical (unpaired) electrons. The fourth-order valence-electron chi connectivity index (χ4n) is 1.89. The molecule has 3 nitrogen and oxygen atoms in total. The number of hydrogen-bond donors (Lipinski definition) is 1. The van der Waals surface area contributed by atoms with Gasteiger partial charge in [-0.15, -0.1) is 0 Å². The zero-order valence-electron chi connectivity index (χ0n) is 9.54. The van der Waals surface area contributed by atoms with E-state index in [1.54, 1.807) is 6.20 Å². The van der Waals surface area contributed by atoms with Crippen LogP contribution < -0.4 is 0 Å². The van der Waals surface area contributed by atoms with E-state index in [2.05, 4.69) is 59.8 Å². The highest BCUT2D eigenvalue weighted by molar-refractivity contribution is 9.10. The number of nitrogens with one attached hydrogen (secondary N) is 1. The summed E-state index contributed by atoms with van der Waals surface area (Å²) in [5.41, 5.74) is 3.92. The largest absolute Gasteiger partial charge is 0.337 e. The second-order valence-corrected chi connectivity index (χ2v) is 5.90. The molecule has 1 aromatic carbocycles. The molecule has 1 N–H and O–H groups in total. The van der Waals surface area contributed by atoms with Gasteiger partial charge in [-0.3, -0.25) is 0 Å². The van der Waals surface area contributed by atoms with Crippen LogP contribution in [0.3, 0.4) is 0 Å². The van der Waals surface area contributed by atoms with Crippen molar-refractivity contribution in [1.82, 2.24) is 15.0 Å². The number of benzene rings is 1. The summed E-state index contributed by atoms with van der Waals surface area (Å²) in [7, 11) is 0. The van der Waals surface area contributed by atoms with Crippen molar-refractivity contribution in [2.24, 2.45) is 0 Å². The Morgan fingerprint density at radius 1 is 1.11 bits per heavy atom. The van der Waals surface area contributed by atoms with Gasteiger partial charge in [0.1, 0.15) is 5.82 Å². The van der Waals surface area contributed by atoms with Gasteiger partial charge < -0.3 is 4.98 Å². The molecule has 18 heavy (non-hydrogen) atoms. The summed E-state index contributed by atoms with van der Waals surface area (Å²) >= 11 is 6.87. The van der Waals surface area contributed by atoms with Gasteiger partial charge in [0.15, 0.2) is 5.65 Å². The third-order valence-corrected chi connectivity index (χ3v) is 3.67. The fraction of sp³-hybridized carbons (Fsp3) is 0.0769. The van der Waals surface area contributed by atoms with Crippen molar-refractivity contribution >= 4 is 43.0 Å². The van der Waals surface area contributed by atoms with Crippen LogP contribution in [0.5, 0.6) is 0 Å². The number of nitrogens with zero attached hydrogens (tertiary/aromatic N) is 2. The second-order valence-electron chi connectivity index (χ2n) is 4.07. The van der Waals surface area contributed by atoms with Gasteiger partial charge in [-0.25, -0.2) is 9.97 Å². The zero-order chi connectivity index (χ0) is 12.7. The van der Waals surface area contributed by atoms with Crippen molar-refractivity contribution < 1.29 is 0 Å². The lowest BCUT2D eigenvalue weighted by atomic mass is 10.1. The molecule has 0 unspecified atom stereocenters. The first-order valence-electron chi connectivity index (χ1n) is 5.41. The number of aryl methyl sites for hydroxylation is 1. The predicted octanol–water partition coefficient (Wildman–Crippen LogP) is 4.46. The highest BCUT2D eigenvalue weighted by Crippen LogP contribution is 2.26. The molecule has 0 spiro atoms. The van der Waals surface area contributed by atoms with Crippen LogP contribution in [0, 0.1) is 6.92 Å². The second kappa shape index (κ2) is 4.48. The van der Waals surface area contributed by atoms with Crippen molar-refractivity contribution in [2.75, 3.05) is 0 Å². The first-order chi connectivity index (χ1) is 8.63. The monoisotopic (exact) mass is 365 g/mol. The quantitative estimate of drug-likeness (QED) is 0.690. The summed E-state index contributed by atoms with van der Waals surface area (Å²) in [6, 6.07) is 8.12. The van der Waals surface area contributed by atoms with Gasteiger partial charge in [-0.2, -0.15) is 0 Å². The molecule has 2 aromatic heterocycles. The summed E-state index contributed by atoms with van der Waals surface area (Å²) in [5.74, 6) is 0.848. The predicted molar refractivity (Wildman–Crippen MR) is 79.5 cm³/mol. The molecule has 0 aliphatic carbocycles. The maximum Gasteiger partial charge on any atom is 0.178 e. The van der Waals surface area contributed by atoms with Crippen LogP contribution >= 0.6 is 31.9 Å². The number of hydrogen-bond acceptors (Lipinski definition) is 2. The van der Waals surface area contributed by atoms with Crippen LogP contribution in [-0.4, -0.2) is 15.0 Å². The number of imidazole rings is 1. The van der Waals surface area contributed by atoms with E-state index in [1.807, 2.05) is 18.2 Å². The summed E-state index contributed by atoms with van der Waals surface area (Å²) in [5, 5.41) is 0. The number of rotatable bonds is 1. The number of H-pyrrole nitrogens is 1. The molecule has 0 aliphatic heterocycles. The van der Waals surface area contributed by atoms with Gasteiger partial charge >= 0.3 is 0 Å². The van der Waals surface area contributed by atoms with Crippen LogP contribution in [0.2, 0.25) is 0 Å². The van der Waals surface area contributed by atoms with Gasteiger partial charge in [0.2, 0.25) is 0 Å². The van der Waals surface area contributed by atoms with E-state index in [0.29, 0.717) is 0 Å². The highest BCUT2D eigenvalue weighted by Gasteiger charge is 2.09. The lowest BCUT2D eigenvalue weighted by molar-refractivity contribution is 1.28. The van der Waals surface area contributed by atoms with E-state index in [0.717, 1.165) is 31.5 Å². The molecule has 3 rings (SSSR count). The Morgan fingerprint density at radius 2 is 1.94 bits per heavy atom. The first kappa shape index (κ1) is 11.9. The van der Waals surface area contributed by atoms with Crippen LogP contribution in [0.4, 0.5) is 0 Å². The lowest BCUT2D eigenvalue weighted by Gasteiger charge is -2.02. The Bertz CT molecular complexity index is 734. The molecule has 0 atom stereocenters. The summed E-state index contributed by atoms with van der Waals surface area (Å²) in [6.07, 6.45) is 1.75. The van der Waals surface area contributed by atoms with E-state index in [4.69, 9.17) is 0 Å². The van der Waals surface area contributed by atoms with E-state index in [-0.39, 0.29) is 0 Å². The minimum Gasteiger partial charge on any atom is -0.337 e. The van der Waals surface area contributed by atoms with E-state index in [9.17, 15) is 0 Å². The average Bonchev–Trinajstić information content (AvgIpc) is 2.71. The molecule has 90 valence electrons. The normalized spacial score (nSPS) is 11.1. The topological polar surface area (TPSA) is 41.6 Å². The number of halogens is 2. The van der Waals surface area contributed by atoms with Crippen LogP contribution in [0.1, 0.15) is 5.56 Å². The average molecular weight is 367 g/mol. The Balaban J connectivity index is 2.19. The third kappa shape index (κ3) is 2.08. The Hall–Kier alpha value is -1.20. The maximum atomic E-state index is 4.51. The van der Waals surface area contributed by atoms with E-state index >= 15 is 0 Å². The van der Waals surface area contributed by atoms with Crippen molar-refractivity contribution in [3.05, 3.63) is 45.0 Å². The van der Waals surface area contributed by atoms with Crippen LogP contribution in [-0.2, 0) is 0 Å². The molecule has 0 aliphatic rings. The van der Waals surface area contributed by atoms with E-state index in [1.165, 1.54) is 5.56 Å². The van der Waals surface area contributed by atoms with Crippen molar-refractivity contribution in [3.63, 3.8) is 0 Å². The molecule has 0 fully saturated rings. The summed E-state index contributed by atoms with van der Waals surface area (Å²) in [6.45, 7) is 2.07. The standard InChI is InChI=1S/C13H9Br2N3/c1-7-4-8(14)2-3-10(7)12-17-11-5-9(15)6-16-13(11)18-12/h2-6H,1H3,(H,16,17,18).